The number of hydrogen-bond acceptors (Lipinski definition) is 3. The van der Waals surface area contributed by atoms with Crippen LogP contribution in [-0.2, 0) is 5.11 Å². The van der Waals surface area contributed by atoms with Crippen molar-refractivity contribution >= 4 is 5.91 Å². The monoisotopic (exact) mass is 194 g/mol. The minimum atomic E-state index is -0.590. The molecule has 1 amide bonds. The van der Waals surface area contributed by atoms with Crippen LogP contribution in [0.3, 0.4) is 0 Å². The lowest BCUT2D eigenvalue weighted by atomic mass is 10.2. The molecule has 1 N–H and O–H groups in total. The van der Waals surface area contributed by atoms with Crippen molar-refractivity contribution in [2.75, 3.05) is 0 Å². The lowest BCUT2D eigenvalue weighted by Crippen LogP contribution is -2.32. The fraction of sp³-hybridized carbons (Fsp3) is 0.444. The Morgan fingerprint density at radius 1 is 1.50 bits per heavy atom. The molecule has 1 atom stereocenters. The third-order valence-electron chi connectivity index (χ3n) is 1.87. The van der Waals surface area contributed by atoms with E-state index in [-0.39, 0.29) is 11.7 Å². The molecule has 0 saturated carbocycles. The Labute approximate surface area is 82.2 Å². The van der Waals surface area contributed by atoms with Crippen LogP contribution in [0.15, 0.2) is 12.4 Å². The Bertz CT molecular complexity index is 328. The second-order valence-electron chi connectivity index (χ2n) is 2.99. The first-order valence-corrected chi connectivity index (χ1v) is 4.44. The number of nitrogens with one attached hydrogen (secondary N) is 1. The summed E-state index contributed by atoms with van der Waals surface area (Å²) in [6.45, 7) is 3.80. The predicted molar refractivity (Wildman–Crippen MR) is 49.4 cm³/mol. The van der Waals surface area contributed by atoms with Crippen molar-refractivity contribution in [3.05, 3.63) is 18.1 Å². The molecule has 0 aliphatic carbocycles. The maximum Gasteiger partial charge on any atom is 0.301 e. The van der Waals surface area contributed by atoms with Gasteiger partial charge in [0, 0.05) is 18.4 Å². The minimum absolute atomic E-state index is 0.0314. The van der Waals surface area contributed by atoms with E-state index in [4.69, 9.17) is 0 Å². The number of hydrogen-bond donors (Lipinski definition) is 1. The summed E-state index contributed by atoms with van der Waals surface area (Å²) in [6, 6.07) is 0.0314. The highest BCUT2D eigenvalue weighted by atomic mass is 16.3. The normalized spacial score (nSPS) is 12.1. The summed E-state index contributed by atoms with van der Waals surface area (Å²) >= 11 is 0. The van der Waals surface area contributed by atoms with Gasteiger partial charge in [-0.25, -0.2) is 9.97 Å². The summed E-state index contributed by atoms with van der Waals surface area (Å²) in [4.78, 5) is 18.6. The first-order valence-electron chi connectivity index (χ1n) is 4.44. The summed E-state index contributed by atoms with van der Waals surface area (Å²) in [5.74, 6) is -1.05. The molecule has 14 heavy (non-hydrogen) atoms. The van der Waals surface area contributed by atoms with E-state index < -0.39 is 11.8 Å². The maximum atomic E-state index is 11.4. The number of rotatable bonds is 3. The molecule has 0 fully saturated rings. The van der Waals surface area contributed by atoms with Crippen LogP contribution >= 0.6 is 0 Å². The summed E-state index contributed by atoms with van der Waals surface area (Å²) < 4.78 is 0. The fourth-order valence-corrected chi connectivity index (χ4v) is 0.875. The van der Waals surface area contributed by atoms with E-state index in [2.05, 4.69) is 15.3 Å². The largest absolute Gasteiger partial charge is 0.348 e. The highest BCUT2D eigenvalue weighted by Crippen LogP contribution is 2.09. The molecule has 0 aromatic carbocycles. The zero-order chi connectivity index (χ0) is 10.6. The van der Waals surface area contributed by atoms with Gasteiger partial charge in [0.1, 0.15) is 0 Å². The van der Waals surface area contributed by atoms with E-state index in [1.165, 1.54) is 12.4 Å². The van der Waals surface area contributed by atoms with Gasteiger partial charge in [-0.2, -0.15) is 0 Å². The van der Waals surface area contributed by atoms with Crippen molar-refractivity contribution in [2.45, 2.75) is 26.3 Å². The third kappa shape index (κ3) is 2.42. The lowest BCUT2D eigenvalue weighted by Gasteiger charge is -2.10. The summed E-state index contributed by atoms with van der Waals surface area (Å²) in [5.41, 5.74) is -0.146. The van der Waals surface area contributed by atoms with Crippen LogP contribution in [0.2, 0.25) is 0 Å². The van der Waals surface area contributed by atoms with E-state index >= 15 is 0 Å². The number of carbonyl (C=O) groups excluding carboxylic acids is 1. The molecule has 5 heteroatoms. The molecule has 0 spiro atoms. The van der Waals surface area contributed by atoms with Crippen molar-refractivity contribution in [3.63, 3.8) is 0 Å². The quantitative estimate of drug-likeness (QED) is 0.784. The standard InChI is InChI=1S/C9H12N3O2/c1-3-6(2)12-9(14)7-8(13)11-5-4-10-7/h4-6H,3H2,1-2H3,(H,12,14). The van der Waals surface area contributed by atoms with E-state index in [1.807, 2.05) is 13.8 Å². The van der Waals surface area contributed by atoms with Crippen LogP contribution in [0.1, 0.15) is 30.8 Å². The van der Waals surface area contributed by atoms with Gasteiger partial charge in [-0.15, -0.1) is 0 Å². The Morgan fingerprint density at radius 3 is 2.71 bits per heavy atom. The SMILES string of the molecule is CCC(C)NC(=O)c1nccnc1[O]. The highest BCUT2D eigenvalue weighted by Gasteiger charge is 2.15. The van der Waals surface area contributed by atoms with Crippen molar-refractivity contribution < 1.29 is 9.90 Å². The van der Waals surface area contributed by atoms with E-state index in [0.29, 0.717) is 0 Å². The molecule has 0 bridgehead atoms. The average molecular weight is 194 g/mol. The molecule has 1 unspecified atom stereocenters. The van der Waals surface area contributed by atoms with Crippen molar-refractivity contribution in [1.29, 1.82) is 0 Å². The van der Waals surface area contributed by atoms with Gasteiger partial charge in [0.15, 0.2) is 5.69 Å². The van der Waals surface area contributed by atoms with Gasteiger partial charge in [-0.1, -0.05) is 6.92 Å². The number of amides is 1. The number of nitrogens with zero attached hydrogens (tertiary/aromatic N) is 2. The van der Waals surface area contributed by atoms with Crippen LogP contribution in [0, 0.1) is 0 Å². The zero-order valence-corrected chi connectivity index (χ0v) is 8.15. The van der Waals surface area contributed by atoms with Gasteiger partial charge in [-0.05, 0) is 13.3 Å². The molecule has 5 nitrogen and oxygen atoms in total. The third-order valence-corrected chi connectivity index (χ3v) is 1.87. The van der Waals surface area contributed by atoms with Crippen LogP contribution in [0.5, 0.6) is 5.88 Å². The van der Waals surface area contributed by atoms with Gasteiger partial charge < -0.3 is 5.32 Å². The van der Waals surface area contributed by atoms with Crippen LogP contribution in [0.4, 0.5) is 0 Å². The molecular weight excluding hydrogens is 182 g/mol. The Hall–Kier alpha value is -1.65. The van der Waals surface area contributed by atoms with Crippen molar-refractivity contribution in [1.82, 2.24) is 15.3 Å². The number of aromatic nitrogens is 2. The van der Waals surface area contributed by atoms with Gasteiger partial charge in [0.05, 0.1) is 0 Å². The Balaban J connectivity index is 2.75. The molecule has 1 rings (SSSR count). The first kappa shape index (κ1) is 10.4. The predicted octanol–water partition coefficient (Wildman–Crippen LogP) is 1.15. The molecule has 1 aromatic rings. The molecule has 1 aromatic heterocycles. The Kier molecular flexibility index (Phi) is 3.39. The van der Waals surface area contributed by atoms with Crippen LogP contribution in [0.25, 0.3) is 0 Å². The summed E-state index contributed by atoms with van der Waals surface area (Å²) in [5, 5.41) is 13.7. The Morgan fingerprint density at radius 2 is 2.14 bits per heavy atom. The van der Waals surface area contributed by atoms with E-state index in [0.717, 1.165) is 6.42 Å². The average Bonchev–Trinajstić information content (AvgIpc) is 2.18. The highest BCUT2D eigenvalue weighted by molar-refractivity contribution is 5.94. The smallest absolute Gasteiger partial charge is 0.301 e. The lowest BCUT2D eigenvalue weighted by molar-refractivity contribution is 0.0928. The molecular formula is C9H12N3O2. The van der Waals surface area contributed by atoms with Crippen molar-refractivity contribution in [2.24, 2.45) is 0 Å². The summed E-state index contributed by atoms with van der Waals surface area (Å²) in [6.07, 6.45) is 3.40. The molecule has 1 radical (unpaired) electrons. The molecule has 75 valence electrons. The molecule has 0 aliphatic heterocycles. The summed E-state index contributed by atoms with van der Waals surface area (Å²) in [7, 11) is 0. The fourth-order valence-electron chi connectivity index (χ4n) is 0.875. The van der Waals surface area contributed by atoms with Gasteiger partial charge >= 0.3 is 5.88 Å². The van der Waals surface area contributed by atoms with E-state index in [9.17, 15) is 9.90 Å². The molecule has 0 saturated heterocycles. The van der Waals surface area contributed by atoms with Crippen LogP contribution in [-0.4, -0.2) is 21.9 Å². The maximum absolute atomic E-state index is 11.4. The van der Waals surface area contributed by atoms with Gasteiger partial charge in [0.2, 0.25) is 0 Å². The van der Waals surface area contributed by atoms with E-state index in [1.54, 1.807) is 0 Å². The second-order valence-corrected chi connectivity index (χ2v) is 2.99. The molecule has 0 aliphatic rings. The van der Waals surface area contributed by atoms with Gasteiger partial charge in [0.25, 0.3) is 5.91 Å². The topological polar surface area (TPSA) is 74.8 Å². The number of carbonyl (C=O) groups is 1. The minimum Gasteiger partial charge on any atom is -0.348 e. The zero-order valence-electron chi connectivity index (χ0n) is 8.15. The van der Waals surface area contributed by atoms with Gasteiger partial charge in [-0.3, -0.25) is 9.90 Å². The second kappa shape index (κ2) is 4.55. The molecule has 1 heterocycles. The van der Waals surface area contributed by atoms with Crippen LogP contribution < -0.4 is 5.32 Å². The van der Waals surface area contributed by atoms with Crippen molar-refractivity contribution in [3.8, 4) is 5.88 Å². The first-order chi connectivity index (χ1) is 6.65.